The lowest BCUT2D eigenvalue weighted by molar-refractivity contribution is 0.323. The summed E-state index contributed by atoms with van der Waals surface area (Å²) in [6, 6.07) is 2.19. The van der Waals surface area contributed by atoms with Crippen molar-refractivity contribution in [1.82, 2.24) is 10.1 Å². The molecule has 1 aromatic heterocycles. The summed E-state index contributed by atoms with van der Waals surface area (Å²) in [6.45, 7) is 5.68. The van der Waals surface area contributed by atoms with E-state index in [4.69, 9.17) is 9.78 Å². The molecular weight excluding hydrogens is 166 g/mol. The lowest BCUT2D eigenvalue weighted by atomic mass is 9.89. The molecule has 0 aliphatic heterocycles. The molecule has 70 valence electrons. The molecule has 0 aliphatic rings. The van der Waals surface area contributed by atoms with E-state index >= 15 is 0 Å². The van der Waals surface area contributed by atoms with Gasteiger partial charge < -0.3 is 4.52 Å². The minimum absolute atomic E-state index is 0.425. The second-order valence-corrected chi connectivity index (χ2v) is 3.17. The second kappa shape index (κ2) is 3.56. The highest BCUT2D eigenvalue weighted by Gasteiger charge is 2.30. The molecule has 4 heteroatoms. The molecule has 0 radical (unpaired) electrons. The summed E-state index contributed by atoms with van der Waals surface area (Å²) in [4.78, 5) is 4.14. The van der Waals surface area contributed by atoms with Gasteiger partial charge in [-0.1, -0.05) is 19.0 Å². The number of nitriles is 1. The molecule has 0 spiro atoms. The Hall–Kier alpha value is -1.37. The predicted octanol–water partition coefficient (Wildman–Crippen LogP) is 1.82. The fourth-order valence-electron chi connectivity index (χ4n) is 0.900. The third-order valence-electron chi connectivity index (χ3n) is 2.21. The molecule has 1 rings (SSSR count). The van der Waals surface area contributed by atoms with Crippen LogP contribution in [0.3, 0.4) is 0 Å². The first-order chi connectivity index (χ1) is 6.16. The van der Waals surface area contributed by atoms with E-state index < -0.39 is 5.41 Å². The van der Waals surface area contributed by atoms with Crippen molar-refractivity contribution in [3.8, 4) is 6.07 Å². The number of hydrogen-bond acceptors (Lipinski definition) is 4. The average molecular weight is 179 g/mol. The van der Waals surface area contributed by atoms with Gasteiger partial charge >= 0.3 is 0 Å². The quantitative estimate of drug-likeness (QED) is 0.710. The van der Waals surface area contributed by atoms with Crippen LogP contribution in [0.4, 0.5) is 0 Å². The van der Waals surface area contributed by atoms with Gasteiger partial charge in [-0.15, -0.1) is 0 Å². The third-order valence-corrected chi connectivity index (χ3v) is 2.21. The smallest absolute Gasteiger partial charge is 0.246 e. The molecule has 4 nitrogen and oxygen atoms in total. The fourth-order valence-corrected chi connectivity index (χ4v) is 0.900. The fraction of sp³-hybridized carbons (Fsp3) is 0.667. The summed E-state index contributed by atoms with van der Waals surface area (Å²) in [5.74, 6) is 1.08. The van der Waals surface area contributed by atoms with E-state index in [-0.39, 0.29) is 0 Å². The molecule has 1 atom stereocenters. The van der Waals surface area contributed by atoms with Gasteiger partial charge in [-0.3, -0.25) is 0 Å². The Bertz CT molecular complexity index is 326. The zero-order valence-corrected chi connectivity index (χ0v) is 8.16. The zero-order valence-electron chi connectivity index (χ0n) is 8.16. The van der Waals surface area contributed by atoms with Crippen LogP contribution in [-0.4, -0.2) is 10.1 Å². The average Bonchev–Trinajstić information content (AvgIpc) is 2.65. The molecule has 1 unspecified atom stereocenters. The molecule has 1 heterocycles. The lowest BCUT2D eigenvalue weighted by Crippen LogP contribution is -2.18. The van der Waals surface area contributed by atoms with Gasteiger partial charge in [0.25, 0.3) is 0 Å². The maximum atomic E-state index is 8.94. The highest BCUT2D eigenvalue weighted by atomic mass is 16.5. The van der Waals surface area contributed by atoms with Crippen molar-refractivity contribution < 1.29 is 4.52 Å². The van der Waals surface area contributed by atoms with E-state index in [1.807, 2.05) is 13.8 Å². The van der Waals surface area contributed by atoms with Gasteiger partial charge in [-0.25, -0.2) is 0 Å². The highest BCUT2D eigenvalue weighted by Crippen LogP contribution is 2.24. The van der Waals surface area contributed by atoms with Gasteiger partial charge in [0.15, 0.2) is 5.82 Å². The Kier molecular flexibility index (Phi) is 2.66. The maximum absolute atomic E-state index is 8.94. The molecule has 13 heavy (non-hydrogen) atoms. The minimum atomic E-state index is -0.638. The third kappa shape index (κ3) is 1.69. The first-order valence-corrected chi connectivity index (χ1v) is 4.40. The van der Waals surface area contributed by atoms with Crippen molar-refractivity contribution in [3.05, 3.63) is 11.7 Å². The number of nitrogens with zero attached hydrogens (tertiary/aromatic N) is 3. The van der Waals surface area contributed by atoms with E-state index in [9.17, 15) is 0 Å². The largest absolute Gasteiger partial charge is 0.338 e. The Morgan fingerprint density at radius 3 is 2.62 bits per heavy atom. The SMILES string of the molecule is CCc1noc(C(C)(C#N)CC)n1. The molecule has 0 aliphatic carbocycles. The molecular formula is C9H13N3O. The molecule has 0 bridgehead atoms. The topological polar surface area (TPSA) is 62.7 Å². The van der Waals surface area contributed by atoms with E-state index in [1.54, 1.807) is 6.92 Å². The Morgan fingerprint density at radius 1 is 1.54 bits per heavy atom. The summed E-state index contributed by atoms with van der Waals surface area (Å²) in [5.41, 5.74) is -0.638. The molecule has 0 amide bonds. The lowest BCUT2D eigenvalue weighted by Gasteiger charge is -2.12. The van der Waals surface area contributed by atoms with Gasteiger partial charge in [0.2, 0.25) is 5.89 Å². The van der Waals surface area contributed by atoms with Crippen molar-refractivity contribution in [1.29, 1.82) is 5.26 Å². The van der Waals surface area contributed by atoms with E-state index in [1.165, 1.54) is 0 Å². The zero-order chi connectivity index (χ0) is 9.90. The summed E-state index contributed by atoms with van der Waals surface area (Å²) in [6.07, 6.45) is 1.41. The predicted molar refractivity (Wildman–Crippen MR) is 46.9 cm³/mol. The Labute approximate surface area is 77.6 Å². The van der Waals surface area contributed by atoms with Crippen LogP contribution in [0.15, 0.2) is 4.52 Å². The van der Waals surface area contributed by atoms with Crippen molar-refractivity contribution in [2.75, 3.05) is 0 Å². The molecule has 0 aromatic carbocycles. The van der Waals surface area contributed by atoms with Crippen LogP contribution < -0.4 is 0 Å². The Morgan fingerprint density at radius 2 is 2.23 bits per heavy atom. The normalized spacial score (nSPS) is 14.9. The number of aryl methyl sites for hydroxylation is 1. The molecule has 0 saturated heterocycles. The van der Waals surface area contributed by atoms with Gasteiger partial charge in [0, 0.05) is 6.42 Å². The first kappa shape index (κ1) is 9.72. The van der Waals surface area contributed by atoms with Crippen molar-refractivity contribution >= 4 is 0 Å². The van der Waals surface area contributed by atoms with Crippen molar-refractivity contribution in [3.63, 3.8) is 0 Å². The summed E-state index contributed by atoms with van der Waals surface area (Å²) >= 11 is 0. The Balaban J connectivity index is 3.00. The number of hydrogen-bond donors (Lipinski definition) is 0. The van der Waals surface area contributed by atoms with Gasteiger partial charge in [0.1, 0.15) is 5.41 Å². The molecule has 0 fully saturated rings. The van der Waals surface area contributed by atoms with Crippen LogP contribution >= 0.6 is 0 Å². The number of aromatic nitrogens is 2. The van der Waals surface area contributed by atoms with Crippen LogP contribution in [0.25, 0.3) is 0 Å². The summed E-state index contributed by atoms with van der Waals surface area (Å²) in [7, 11) is 0. The van der Waals surface area contributed by atoms with Crippen molar-refractivity contribution in [2.24, 2.45) is 0 Å². The molecule has 1 aromatic rings. The molecule has 0 N–H and O–H groups in total. The van der Waals surface area contributed by atoms with Crippen LogP contribution in [0.5, 0.6) is 0 Å². The number of rotatable bonds is 3. The van der Waals surface area contributed by atoms with Gasteiger partial charge in [-0.2, -0.15) is 10.2 Å². The first-order valence-electron chi connectivity index (χ1n) is 4.40. The molecule has 0 saturated carbocycles. The van der Waals surface area contributed by atoms with Crippen LogP contribution in [0, 0.1) is 11.3 Å². The van der Waals surface area contributed by atoms with E-state index in [0.717, 1.165) is 6.42 Å². The maximum Gasteiger partial charge on any atom is 0.246 e. The van der Waals surface area contributed by atoms with Crippen LogP contribution in [-0.2, 0) is 11.8 Å². The van der Waals surface area contributed by atoms with Gasteiger partial charge in [-0.05, 0) is 13.3 Å². The monoisotopic (exact) mass is 179 g/mol. The standard InChI is InChI=1S/C9H13N3O/c1-4-7-11-8(13-12-7)9(3,5-2)6-10/h4-5H2,1-3H3. The highest BCUT2D eigenvalue weighted by molar-refractivity contribution is 5.15. The minimum Gasteiger partial charge on any atom is -0.338 e. The summed E-state index contributed by atoms with van der Waals surface area (Å²) in [5, 5.41) is 12.7. The van der Waals surface area contributed by atoms with Crippen molar-refractivity contribution in [2.45, 2.75) is 39.0 Å². The van der Waals surface area contributed by atoms with Gasteiger partial charge in [0.05, 0.1) is 6.07 Å². The second-order valence-electron chi connectivity index (χ2n) is 3.17. The van der Waals surface area contributed by atoms with Crippen LogP contribution in [0.2, 0.25) is 0 Å². The summed E-state index contributed by atoms with van der Waals surface area (Å²) < 4.78 is 5.02. The van der Waals surface area contributed by atoms with E-state index in [0.29, 0.717) is 18.1 Å². The van der Waals surface area contributed by atoms with Crippen LogP contribution in [0.1, 0.15) is 38.9 Å². The van der Waals surface area contributed by atoms with E-state index in [2.05, 4.69) is 16.2 Å².